The number of hydrogen-bond acceptors (Lipinski definition) is 5. The fraction of sp³-hybridized carbons (Fsp3) is 0.294. The molecule has 0 bridgehead atoms. The van der Waals surface area contributed by atoms with Gasteiger partial charge in [0.05, 0.1) is 11.6 Å². The minimum atomic E-state index is -0.0900. The first-order valence-corrected chi connectivity index (χ1v) is 8.44. The summed E-state index contributed by atoms with van der Waals surface area (Å²) in [6.07, 6.45) is 2.88. The van der Waals surface area contributed by atoms with E-state index in [2.05, 4.69) is 21.4 Å². The van der Waals surface area contributed by atoms with Gasteiger partial charge in [0.2, 0.25) is 5.91 Å². The van der Waals surface area contributed by atoms with Gasteiger partial charge >= 0.3 is 0 Å². The van der Waals surface area contributed by atoms with Gasteiger partial charge in [0.15, 0.2) is 5.16 Å². The Labute approximate surface area is 140 Å². The number of nitrogens with zero attached hydrogens (tertiary/aromatic N) is 3. The molecule has 0 fully saturated rings. The number of nitriles is 1. The molecule has 6 heteroatoms. The lowest BCUT2D eigenvalue weighted by molar-refractivity contribution is -0.116. The fourth-order valence-corrected chi connectivity index (χ4v) is 2.75. The highest BCUT2D eigenvalue weighted by atomic mass is 32.2. The van der Waals surface area contributed by atoms with Gasteiger partial charge in [0.1, 0.15) is 0 Å². The van der Waals surface area contributed by atoms with Crippen LogP contribution in [0.4, 0.5) is 5.69 Å². The van der Waals surface area contributed by atoms with Crippen LogP contribution in [-0.2, 0) is 11.2 Å². The number of benzene rings is 1. The first kappa shape index (κ1) is 17.0. The highest BCUT2D eigenvalue weighted by Crippen LogP contribution is 2.17. The fourth-order valence-electron chi connectivity index (χ4n) is 2.29. The molecule has 2 aromatic rings. The van der Waals surface area contributed by atoms with Gasteiger partial charge in [-0.25, -0.2) is 9.97 Å². The second kappa shape index (κ2) is 7.75. The van der Waals surface area contributed by atoms with Crippen molar-refractivity contribution in [3.05, 3.63) is 46.8 Å². The Morgan fingerprint density at radius 1 is 1.30 bits per heavy atom. The lowest BCUT2D eigenvalue weighted by atomic mass is 10.1. The maximum Gasteiger partial charge on any atom is 0.224 e. The molecule has 1 heterocycles. The Hall–Kier alpha value is -2.39. The number of carbonyl (C=O) groups excluding carboxylic acids is 1. The topological polar surface area (TPSA) is 78.7 Å². The standard InChI is InChI=1S/C17H18N4OS/c1-11-15(12(2)20-17(19-11)23-3)7-8-16(22)21-14-6-4-5-13(9-14)10-18/h4-6,9H,7-8H2,1-3H3,(H,21,22). The third-order valence-electron chi connectivity index (χ3n) is 3.46. The Morgan fingerprint density at radius 2 is 2.00 bits per heavy atom. The van der Waals surface area contributed by atoms with Gasteiger partial charge in [-0.05, 0) is 50.3 Å². The number of thioether (sulfide) groups is 1. The van der Waals surface area contributed by atoms with E-state index in [1.54, 1.807) is 24.3 Å². The summed E-state index contributed by atoms with van der Waals surface area (Å²) in [4.78, 5) is 20.9. The van der Waals surface area contributed by atoms with Crippen LogP contribution in [0.2, 0.25) is 0 Å². The largest absolute Gasteiger partial charge is 0.326 e. The third kappa shape index (κ3) is 4.54. The third-order valence-corrected chi connectivity index (χ3v) is 4.01. The number of anilines is 1. The molecule has 0 aliphatic rings. The average Bonchev–Trinajstić information content (AvgIpc) is 2.54. The Balaban J connectivity index is 2.01. The predicted molar refractivity (Wildman–Crippen MR) is 91.4 cm³/mol. The average molecular weight is 326 g/mol. The molecule has 1 amide bonds. The molecular formula is C17H18N4OS. The van der Waals surface area contributed by atoms with Crippen molar-refractivity contribution in [3.63, 3.8) is 0 Å². The van der Waals surface area contributed by atoms with E-state index in [1.807, 2.05) is 20.1 Å². The highest BCUT2D eigenvalue weighted by Gasteiger charge is 2.11. The molecule has 0 unspecified atom stereocenters. The summed E-state index contributed by atoms with van der Waals surface area (Å²) < 4.78 is 0. The van der Waals surface area contributed by atoms with E-state index in [4.69, 9.17) is 5.26 Å². The summed E-state index contributed by atoms with van der Waals surface area (Å²) in [5, 5.41) is 12.4. The second-order valence-corrected chi connectivity index (χ2v) is 5.87. The van der Waals surface area contributed by atoms with Crippen molar-refractivity contribution in [2.24, 2.45) is 0 Å². The van der Waals surface area contributed by atoms with Crippen molar-refractivity contribution >= 4 is 23.4 Å². The van der Waals surface area contributed by atoms with Gasteiger partial charge in [-0.1, -0.05) is 17.8 Å². The van der Waals surface area contributed by atoms with Gasteiger partial charge in [-0.3, -0.25) is 4.79 Å². The molecule has 1 aromatic carbocycles. The van der Waals surface area contributed by atoms with E-state index < -0.39 is 0 Å². The van der Waals surface area contributed by atoms with Crippen LogP contribution in [0.3, 0.4) is 0 Å². The number of rotatable bonds is 5. The lowest BCUT2D eigenvalue weighted by Crippen LogP contribution is -2.13. The molecule has 118 valence electrons. The van der Waals surface area contributed by atoms with Crippen molar-refractivity contribution < 1.29 is 4.79 Å². The molecule has 0 aliphatic carbocycles. The smallest absolute Gasteiger partial charge is 0.224 e. The van der Waals surface area contributed by atoms with Gasteiger partial charge in [-0.15, -0.1) is 0 Å². The molecule has 0 aliphatic heterocycles. The van der Waals surface area contributed by atoms with Crippen LogP contribution >= 0.6 is 11.8 Å². The van der Waals surface area contributed by atoms with E-state index >= 15 is 0 Å². The molecule has 1 N–H and O–H groups in total. The molecule has 0 radical (unpaired) electrons. The zero-order valence-corrected chi connectivity index (χ0v) is 14.2. The summed E-state index contributed by atoms with van der Waals surface area (Å²) in [5.41, 5.74) is 4.01. The van der Waals surface area contributed by atoms with Crippen LogP contribution in [-0.4, -0.2) is 22.1 Å². The monoisotopic (exact) mass is 326 g/mol. The van der Waals surface area contributed by atoms with Crippen LogP contribution in [0.15, 0.2) is 29.4 Å². The van der Waals surface area contributed by atoms with E-state index in [0.29, 0.717) is 24.1 Å². The normalized spacial score (nSPS) is 10.2. The number of amides is 1. The van der Waals surface area contributed by atoms with Crippen molar-refractivity contribution in [1.29, 1.82) is 5.26 Å². The number of carbonyl (C=O) groups is 1. The quantitative estimate of drug-likeness (QED) is 0.674. The van der Waals surface area contributed by atoms with E-state index in [9.17, 15) is 4.79 Å². The zero-order valence-electron chi connectivity index (χ0n) is 13.4. The van der Waals surface area contributed by atoms with E-state index in [-0.39, 0.29) is 5.91 Å². The Bertz CT molecular complexity index is 744. The van der Waals surface area contributed by atoms with Crippen molar-refractivity contribution in [1.82, 2.24) is 9.97 Å². The van der Waals surface area contributed by atoms with Gasteiger partial charge < -0.3 is 5.32 Å². The maximum atomic E-state index is 12.1. The minimum absolute atomic E-state index is 0.0900. The van der Waals surface area contributed by atoms with Crippen LogP contribution in [0, 0.1) is 25.2 Å². The van der Waals surface area contributed by atoms with Crippen molar-refractivity contribution in [2.45, 2.75) is 31.8 Å². The second-order valence-electron chi connectivity index (χ2n) is 5.10. The molecule has 23 heavy (non-hydrogen) atoms. The van der Waals surface area contributed by atoms with Gasteiger partial charge in [0.25, 0.3) is 0 Å². The molecule has 0 spiro atoms. The van der Waals surface area contributed by atoms with Crippen LogP contribution in [0.5, 0.6) is 0 Å². The summed E-state index contributed by atoms with van der Waals surface area (Å²) in [6.45, 7) is 3.88. The van der Waals surface area contributed by atoms with Gasteiger partial charge in [-0.2, -0.15) is 5.26 Å². The van der Waals surface area contributed by atoms with E-state index in [0.717, 1.165) is 22.1 Å². The first-order valence-electron chi connectivity index (χ1n) is 7.21. The molecular weight excluding hydrogens is 308 g/mol. The molecule has 0 atom stereocenters. The molecule has 5 nitrogen and oxygen atoms in total. The molecule has 0 saturated carbocycles. The summed E-state index contributed by atoms with van der Waals surface area (Å²) >= 11 is 1.51. The van der Waals surface area contributed by atoms with Crippen molar-refractivity contribution in [2.75, 3.05) is 11.6 Å². The zero-order chi connectivity index (χ0) is 16.8. The van der Waals surface area contributed by atoms with Crippen LogP contribution in [0.1, 0.15) is 28.9 Å². The van der Waals surface area contributed by atoms with Gasteiger partial charge in [0, 0.05) is 23.5 Å². The summed E-state index contributed by atoms with van der Waals surface area (Å²) in [5.74, 6) is -0.0900. The molecule has 1 aromatic heterocycles. The number of aromatic nitrogens is 2. The molecule has 0 saturated heterocycles. The SMILES string of the molecule is CSc1nc(C)c(CCC(=O)Nc2cccc(C#N)c2)c(C)n1. The molecule has 2 rings (SSSR count). The number of hydrogen-bond donors (Lipinski definition) is 1. The van der Waals surface area contributed by atoms with Crippen molar-refractivity contribution in [3.8, 4) is 6.07 Å². The minimum Gasteiger partial charge on any atom is -0.326 e. The Kier molecular flexibility index (Phi) is 5.72. The van der Waals surface area contributed by atoms with Crippen LogP contribution in [0.25, 0.3) is 0 Å². The van der Waals surface area contributed by atoms with Crippen LogP contribution < -0.4 is 5.32 Å². The first-order chi connectivity index (χ1) is 11.0. The van der Waals surface area contributed by atoms with E-state index in [1.165, 1.54) is 11.8 Å². The predicted octanol–water partition coefficient (Wildman–Crippen LogP) is 3.26. The summed E-state index contributed by atoms with van der Waals surface area (Å²) in [6, 6.07) is 8.93. The lowest BCUT2D eigenvalue weighted by Gasteiger charge is -2.10. The number of aryl methyl sites for hydroxylation is 2. The Morgan fingerprint density at radius 3 is 2.61 bits per heavy atom. The maximum absolute atomic E-state index is 12.1. The highest BCUT2D eigenvalue weighted by molar-refractivity contribution is 7.98. The number of nitrogens with one attached hydrogen (secondary N) is 1. The summed E-state index contributed by atoms with van der Waals surface area (Å²) in [7, 11) is 0.